The molecule has 0 amide bonds. The summed E-state index contributed by atoms with van der Waals surface area (Å²) < 4.78 is 36.7. The first-order valence-electron chi connectivity index (χ1n) is 8.06. The van der Waals surface area contributed by atoms with E-state index in [9.17, 15) is 13.7 Å². The van der Waals surface area contributed by atoms with Crippen molar-refractivity contribution >= 4 is 15.9 Å². The van der Waals surface area contributed by atoms with Gasteiger partial charge in [0.05, 0.1) is 18.1 Å². The summed E-state index contributed by atoms with van der Waals surface area (Å²) in [6.07, 6.45) is 1.17. The van der Waals surface area contributed by atoms with Crippen LogP contribution < -0.4 is 9.47 Å². The van der Waals surface area contributed by atoms with Crippen molar-refractivity contribution in [3.63, 3.8) is 0 Å². The van der Waals surface area contributed by atoms with Gasteiger partial charge in [0, 0.05) is 5.56 Å². The van der Waals surface area contributed by atoms with Crippen molar-refractivity contribution in [3.05, 3.63) is 58.5 Å². The molecule has 0 spiro atoms. The van der Waals surface area contributed by atoms with Crippen molar-refractivity contribution < 1.29 is 17.9 Å². The van der Waals surface area contributed by atoms with E-state index in [1.54, 1.807) is 36.4 Å². The van der Waals surface area contributed by atoms with Crippen LogP contribution in [0.2, 0.25) is 0 Å². The minimum absolute atomic E-state index is 0.0742. The number of sulfone groups is 1. The number of benzene rings is 2. The molecule has 0 aliphatic heterocycles. The van der Waals surface area contributed by atoms with E-state index in [0.717, 1.165) is 5.56 Å². The number of nitriles is 1. The molecule has 2 aromatic rings. The Morgan fingerprint density at radius 3 is 2.35 bits per heavy atom. The summed E-state index contributed by atoms with van der Waals surface area (Å²) in [4.78, 5) is -0.284. The van der Waals surface area contributed by atoms with Crippen LogP contribution in [0, 0.1) is 18.3 Å². The highest BCUT2D eigenvalue weighted by Gasteiger charge is 2.22. The molecule has 0 radical (unpaired) electrons. The fourth-order valence-electron chi connectivity index (χ4n) is 2.32. The number of ether oxygens (including phenoxy) is 2. The minimum Gasteiger partial charge on any atom is -0.493 e. The number of hydrogen-bond acceptors (Lipinski definition) is 5. The molecule has 0 bridgehead atoms. The van der Waals surface area contributed by atoms with E-state index in [1.165, 1.54) is 25.3 Å². The Kier molecular flexibility index (Phi) is 6.06. The first-order valence-corrected chi connectivity index (χ1v) is 9.55. The van der Waals surface area contributed by atoms with Crippen LogP contribution in [0.25, 0.3) is 6.08 Å². The molecule has 0 fully saturated rings. The zero-order chi connectivity index (χ0) is 19.3. The Labute approximate surface area is 154 Å². The van der Waals surface area contributed by atoms with Crippen LogP contribution in [0.1, 0.15) is 25.0 Å². The van der Waals surface area contributed by atoms with Gasteiger partial charge in [0.1, 0.15) is 11.0 Å². The van der Waals surface area contributed by atoms with E-state index in [2.05, 4.69) is 0 Å². The van der Waals surface area contributed by atoms with Crippen molar-refractivity contribution in [2.24, 2.45) is 0 Å². The molecule has 26 heavy (non-hydrogen) atoms. The molecule has 0 saturated heterocycles. The average molecular weight is 371 g/mol. The predicted molar refractivity (Wildman–Crippen MR) is 101 cm³/mol. The third-order valence-corrected chi connectivity index (χ3v) is 5.28. The zero-order valence-electron chi connectivity index (χ0n) is 15.2. The number of allylic oxidation sites excluding steroid dienone is 1. The molecule has 0 aromatic heterocycles. The van der Waals surface area contributed by atoms with Gasteiger partial charge in [0.2, 0.25) is 9.84 Å². The lowest BCUT2D eigenvalue weighted by molar-refractivity contribution is 0.229. The van der Waals surface area contributed by atoms with Crippen molar-refractivity contribution in [2.45, 2.75) is 31.8 Å². The fraction of sp³-hybridized carbons (Fsp3) is 0.250. The second-order valence-electron chi connectivity index (χ2n) is 5.98. The van der Waals surface area contributed by atoms with Crippen LogP contribution >= 0.6 is 0 Å². The number of methoxy groups -OCH3 is 1. The summed E-state index contributed by atoms with van der Waals surface area (Å²) in [5.74, 6) is 0.870. The van der Waals surface area contributed by atoms with Gasteiger partial charge in [-0.2, -0.15) is 5.26 Å². The lowest BCUT2D eigenvalue weighted by atomic mass is 10.1. The maximum absolute atomic E-state index is 12.8. The van der Waals surface area contributed by atoms with E-state index in [-0.39, 0.29) is 15.9 Å². The predicted octanol–water partition coefficient (Wildman–Crippen LogP) is 4.13. The van der Waals surface area contributed by atoms with E-state index in [4.69, 9.17) is 9.47 Å². The summed E-state index contributed by atoms with van der Waals surface area (Å²) >= 11 is 0. The molecule has 0 saturated carbocycles. The molecule has 0 heterocycles. The molecule has 2 aromatic carbocycles. The molecular formula is C20H21NO4S. The topological polar surface area (TPSA) is 76.4 Å². The van der Waals surface area contributed by atoms with Gasteiger partial charge in [-0.3, -0.25) is 0 Å². The van der Waals surface area contributed by atoms with Gasteiger partial charge in [-0.15, -0.1) is 0 Å². The normalized spacial score (nSPS) is 11.9. The van der Waals surface area contributed by atoms with Crippen LogP contribution in [0.3, 0.4) is 0 Å². The van der Waals surface area contributed by atoms with Gasteiger partial charge in [-0.1, -0.05) is 29.8 Å². The largest absolute Gasteiger partial charge is 0.493 e. The Bertz CT molecular complexity index is 952. The van der Waals surface area contributed by atoms with E-state index >= 15 is 0 Å². The smallest absolute Gasteiger partial charge is 0.216 e. The van der Waals surface area contributed by atoms with Crippen LogP contribution in [0.5, 0.6) is 11.5 Å². The molecular weight excluding hydrogens is 350 g/mol. The highest BCUT2D eigenvalue weighted by molar-refractivity contribution is 7.95. The summed E-state index contributed by atoms with van der Waals surface area (Å²) in [5.41, 5.74) is 1.40. The van der Waals surface area contributed by atoms with Crippen molar-refractivity contribution in [3.8, 4) is 17.6 Å². The van der Waals surface area contributed by atoms with E-state index in [0.29, 0.717) is 17.1 Å². The number of aryl methyl sites for hydroxylation is 1. The molecule has 2 rings (SSSR count). The molecule has 6 heteroatoms. The molecule has 0 aliphatic rings. The highest BCUT2D eigenvalue weighted by Crippen LogP contribution is 2.34. The molecule has 0 aliphatic carbocycles. The molecule has 0 atom stereocenters. The van der Waals surface area contributed by atoms with E-state index < -0.39 is 9.84 Å². The van der Waals surface area contributed by atoms with Crippen molar-refractivity contribution in [1.82, 2.24) is 0 Å². The first-order chi connectivity index (χ1) is 12.3. The Morgan fingerprint density at radius 1 is 1.15 bits per heavy atom. The van der Waals surface area contributed by atoms with Crippen LogP contribution in [-0.4, -0.2) is 21.6 Å². The lowest BCUT2D eigenvalue weighted by Gasteiger charge is -2.16. The first kappa shape index (κ1) is 19.5. The van der Waals surface area contributed by atoms with Gasteiger partial charge >= 0.3 is 0 Å². The summed E-state index contributed by atoms with van der Waals surface area (Å²) in [5, 5.41) is 9.47. The summed E-state index contributed by atoms with van der Waals surface area (Å²) in [7, 11) is -2.42. The monoisotopic (exact) mass is 371 g/mol. The number of rotatable bonds is 6. The third kappa shape index (κ3) is 4.24. The number of hydrogen-bond donors (Lipinski definition) is 0. The van der Waals surface area contributed by atoms with Crippen molar-refractivity contribution in [1.29, 1.82) is 5.26 Å². The zero-order valence-corrected chi connectivity index (χ0v) is 16.0. The Morgan fingerprint density at radius 2 is 1.81 bits per heavy atom. The van der Waals surface area contributed by atoms with Gasteiger partial charge in [0.15, 0.2) is 11.5 Å². The number of para-hydroxylation sites is 1. The molecule has 0 unspecified atom stereocenters. The van der Waals surface area contributed by atoms with E-state index in [1.807, 2.05) is 20.8 Å². The van der Waals surface area contributed by atoms with Gasteiger partial charge in [0.25, 0.3) is 0 Å². The fourth-order valence-corrected chi connectivity index (χ4v) is 3.48. The summed E-state index contributed by atoms with van der Waals surface area (Å²) in [6, 6.07) is 13.3. The third-order valence-electron chi connectivity index (χ3n) is 3.60. The SMILES string of the molecule is COc1cccc(C=C(C#N)S(=O)(=O)c2ccc(C)cc2)c1OC(C)C. The Balaban J connectivity index is 2.59. The maximum atomic E-state index is 12.8. The standard InChI is InChI=1S/C20H21NO4S/c1-14(2)25-20-16(6-5-7-19(20)24-4)12-18(13-21)26(22,23)17-10-8-15(3)9-11-17/h5-12,14H,1-4H3. The average Bonchev–Trinajstić information content (AvgIpc) is 2.60. The lowest BCUT2D eigenvalue weighted by Crippen LogP contribution is -2.08. The summed E-state index contributed by atoms with van der Waals surface area (Å²) in [6.45, 7) is 5.57. The second-order valence-corrected chi connectivity index (χ2v) is 7.90. The van der Waals surface area contributed by atoms with Crippen molar-refractivity contribution in [2.75, 3.05) is 7.11 Å². The molecule has 0 N–H and O–H groups in total. The second kappa shape index (κ2) is 8.07. The maximum Gasteiger partial charge on any atom is 0.216 e. The van der Waals surface area contributed by atoms with Crippen LogP contribution in [0.15, 0.2) is 52.3 Å². The number of nitrogens with zero attached hydrogens (tertiary/aromatic N) is 1. The van der Waals surface area contributed by atoms with Gasteiger partial charge < -0.3 is 9.47 Å². The molecule has 136 valence electrons. The van der Waals surface area contributed by atoms with Crippen LogP contribution in [0.4, 0.5) is 0 Å². The van der Waals surface area contributed by atoms with Crippen LogP contribution in [-0.2, 0) is 9.84 Å². The van der Waals surface area contributed by atoms with Gasteiger partial charge in [-0.25, -0.2) is 8.42 Å². The quantitative estimate of drug-likeness (QED) is 0.714. The Hall–Kier alpha value is -2.78. The minimum atomic E-state index is -3.93. The molecule has 5 nitrogen and oxygen atoms in total. The van der Waals surface area contributed by atoms with Gasteiger partial charge in [-0.05, 0) is 45.0 Å². The highest BCUT2D eigenvalue weighted by atomic mass is 32.2.